The first-order valence-corrected chi connectivity index (χ1v) is 4.87. The predicted molar refractivity (Wildman–Crippen MR) is 53.7 cm³/mol. The van der Waals surface area contributed by atoms with Crippen LogP contribution in [-0.2, 0) is 9.63 Å². The van der Waals surface area contributed by atoms with Gasteiger partial charge in [-0.05, 0) is 12.8 Å². The van der Waals surface area contributed by atoms with Crippen LogP contribution in [0.4, 0.5) is 0 Å². The van der Waals surface area contributed by atoms with Crippen molar-refractivity contribution < 1.29 is 9.63 Å². The van der Waals surface area contributed by atoms with Crippen LogP contribution in [0.1, 0.15) is 26.8 Å². The lowest BCUT2D eigenvalue weighted by Crippen LogP contribution is -2.32. The Kier molecular flexibility index (Phi) is 4.23. The minimum Gasteiger partial charge on any atom is -0.273 e. The van der Waals surface area contributed by atoms with Crippen LogP contribution in [0.15, 0.2) is 12.7 Å². The molecule has 84 valence electrons. The van der Waals surface area contributed by atoms with Gasteiger partial charge in [0.1, 0.15) is 18.7 Å². The van der Waals surface area contributed by atoms with E-state index in [1.165, 1.54) is 17.3 Å². The quantitative estimate of drug-likeness (QED) is 0.723. The topological polar surface area (TPSA) is 69.0 Å². The van der Waals surface area contributed by atoms with Crippen molar-refractivity contribution in [1.82, 2.24) is 20.2 Å². The van der Waals surface area contributed by atoms with Crippen LogP contribution in [0.2, 0.25) is 0 Å². The molecule has 1 amide bonds. The SMILES string of the molecule is CC(C)CONC(=O)C(C)n1cncn1. The number of hydrogen-bond acceptors (Lipinski definition) is 4. The highest BCUT2D eigenvalue weighted by Gasteiger charge is 2.15. The molecule has 1 atom stereocenters. The summed E-state index contributed by atoms with van der Waals surface area (Å²) in [5, 5.41) is 3.87. The van der Waals surface area contributed by atoms with E-state index in [1.807, 2.05) is 13.8 Å². The Labute approximate surface area is 88.6 Å². The second kappa shape index (κ2) is 5.45. The van der Waals surface area contributed by atoms with E-state index >= 15 is 0 Å². The third-order valence-electron chi connectivity index (χ3n) is 1.80. The highest BCUT2D eigenvalue weighted by molar-refractivity contribution is 5.78. The fraction of sp³-hybridized carbons (Fsp3) is 0.667. The van der Waals surface area contributed by atoms with Gasteiger partial charge in [0.2, 0.25) is 0 Å². The van der Waals surface area contributed by atoms with E-state index in [4.69, 9.17) is 4.84 Å². The van der Waals surface area contributed by atoms with Gasteiger partial charge in [-0.1, -0.05) is 13.8 Å². The lowest BCUT2D eigenvalue weighted by atomic mass is 10.2. The van der Waals surface area contributed by atoms with Gasteiger partial charge in [-0.3, -0.25) is 9.63 Å². The van der Waals surface area contributed by atoms with E-state index < -0.39 is 6.04 Å². The standard InChI is InChI=1S/C9H16N4O2/c1-7(2)4-15-12-9(14)8(3)13-6-10-5-11-13/h5-8H,4H2,1-3H3,(H,12,14). The third-order valence-corrected chi connectivity index (χ3v) is 1.80. The molecule has 0 saturated heterocycles. The summed E-state index contributed by atoms with van der Waals surface area (Å²) in [6.45, 7) is 6.23. The molecule has 0 bridgehead atoms. The number of nitrogens with one attached hydrogen (secondary N) is 1. The highest BCUT2D eigenvalue weighted by atomic mass is 16.7. The van der Waals surface area contributed by atoms with Crippen LogP contribution in [0.3, 0.4) is 0 Å². The van der Waals surface area contributed by atoms with Crippen molar-refractivity contribution >= 4 is 5.91 Å². The van der Waals surface area contributed by atoms with E-state index in [0.29, 0.717) is 12.5 Å². The lowest BCUT2D eigenvalue weighted by Gasteiger charge is -2.12. The largest absolute Gasteiger partial charge is 0.273 e. The number of rotatable bonds is 5. The number of aromatic nitrogens is 3. The smallest absolute Gasteiger partial charge is 0.268 e. The van der Waals surface area contributed by atoms with Crippen LogP contribution in [-0.4, -0.2) is 27.3 Å². The molecule has 15 heavy (non-hydrogen) atoms. The second-order valence-electron chi connectivity index (χ2n) is 3.72. The van der Waals surface area contributed by atoms with Crippen LogP contribution >= 0.6 is 0 Å². The maximum Gasteiger partial charge on any atom is 0.268 e. The molecule has 0 spiro atoms. The van der Waals surface area contributed by atoms with Crippen LogP contribution < -0.4 is 5.48 Å². The normalized spacial score (nSPS) is 12.8. The summed E-state index contributed by atoms with van der Waals surface area (Å²) >= 11 is 0. The Balaban J connectivity index is 2.34. The number of hydrogen-bond donors (Lipinski definition) is 1. The summed E-state index contributed by atoms with van der Waals surface area (Å²) in [7, 11) is 0. The van der Waals surface area contributed by atoms with Gasteiger partial charge in [-0.25, -0.2) is 15.1 Å². The monoisotopic (exact) mass is 212 g/mol. The summed E-state index contributed by atoms with van der Waals surface area (Å²) < 4.78 is 1.47. The Bertz CT molecular complexity index is 297. The van der Waals surface area contributed by atoms with E-state index in [2.05, 4.69) is 15.6 Å². The van der Waals surface area contributed by atoms with Crippen molar-refractivity contribution in [2.45, 2.75) is 26.8 Å². The van der Waals surface area contributed by atoms with Gasteiger partial charge in [-0.2, -0.15) is 5.10 Å². The van der Waals surface area contributed by atoms with Crippen molar-refractivity contribution in [1.29, 1.82) is 0 Å². The minimum atomic E-state index is -0.417. The molecule has 6 nitrogen and oxygen atoms in total. The molecule has 1 rings (SSSR count). The molecule has 1 heterocycles. The Morgan fingerprint density at radius 2 is 2.27 bits per heavy atom. The fourth-order valence-corrected chi connectivity index (χ4v) is 0.902. The molecule has 0 aliphatic heterocycles. The van der Waals surface area contributed by atoms with Crippen LogP contribution in [0.5, 0.6) is 0 Å². The van der Waals surface area contributed by atoms with Gasteiger partial charge < -0.3 is 0 Å². The van der Waals surface area contributed by atoms with E-state index in [1.54, 1.807) is 6.92 Å². The summed E-state index contributed by atoms with van der Waals surface area (Å²) in [5.41, 5.74) is 2.37. The minimum absolute atomic E-state index is 0.235. The zero-order valence-electron chi connectivity index (χ0n) is 9.17. The first-order valence-electron chi connectivity index (χ1n) is 4.87. The Morgan fingerprint density at radius 3 is 2.80 bits per heavy atom. The second-order valence-corrected chi connectivity index (χ2v) is 3.72. The molecular weight excluding hydrogens is 196 g/mol. The Hall–Kier alpha value is -1.43. The van der Waals surface area contributed by atoms with Gasteiger partial charge in [-0.15, -0.1) is 0 Å². The zero-order valence-corrected chi connectivity index (χ0v) is 9.17. The first kappa shape index (κ1) is 11.6. The molecule has 0 fully saturated rings. The average Bonchev–Trinajstić information content (AvgIpc) is 2.68. The van der Waals surface area contributed by atoms with Gasteiger partial charge >= 0.3 is 0 Å². The molecule has 0 aliphatic carbocycles. The number of carbonyl (C=O) groups excluding carboxylic acids is 1. The highest BCUT2D eigenvalue weighted by Crippen LogP contribution is 2.01. The molecule has 0 saturated carbocycles. The van der Waals surface area contributed by atoms with Gasteiger partial charge in [0.25, 0.3) is 5.91 Å². The molecule has 0 aromatic carbocycles. The fourth-order valence-electron chi connectivity index (χ4n) is 0.902. The molecule has 1 aromatic heterocycles. The first-order chi connectivity index (χ1) is 7.11. The maximum atomic E-state index is 11.5. The van der Waals surface area contributed by atoms with Gasteiger partial charge in [0.15, 0.2) is 0 Å². The molecular formula is C9H16N4O2. The van der Waals surface area contributed by atoms with Gasteiger partial charge in [0, 0.05) is 0 Å². The van der Waals surface area contributed by atoms with Gasteiger partial charge in [0.05, 0.1) is 6.61 Å². The van der Waals surface area contributed by atoms with Crippen molar-refractivity contribution in [3.8, 4) is 0 Å². The number of nitrogens with zero attached hydrogens (tertiary/aromatic N) is 3. The van der Waals surface area contributed by atoms with Crippen molar-refractivity contribution in [3.05, 3.63) is 12.7 Å². The van der Waals surface area contributed by atoms with Crippen LogP contribution in [0, 0.1) is 5.92 Å². The van der Waals surface area contributed by atoms with Crippen molar-refractivity contribution in [2.24, 2.45) is 5.92 Å². The molecule has 0 radical (unpaired) electrons. The number of hydroxylamine groups is 1. The summed E-state index contributed by atoms with van der Waals surface area (Å²) in [6, 6.07) is -0.417. The number of carbonyl (C=O) groups is 1. The van der Waals surface area contributed by atoms with Crippen molar-refractivity contribution in [2.75, 3.05) is 6.61 Å². The maximum absolute atomic E-state index is 11.5. The molecule has 1 unspecified atom stereocenters. The van der Waals surface area contributed by atoms with Crippen LogP contribution in [0.25, 0.3) is 0 Å². The average molecular weight is 212 g/mol. The van der Waals surface area contributed by atoms with E-state index in [9.17, 15) is 4.79 Å². The van der Waals surface area contributed by atoms with E-state index in [0.717, 1.165) is 0 Å². The number of amides is 1. The summed E-state index contributed by atoms with van der Waals surface area (Å²) in [4.78, 5) is 20.3. The summed E-state index contributed by atoms with van der Waals surface area (Å²) in [6.07, 6.45) is 2.88. The molecule has 6 heteroatoms. The summed E-state index contributed by atoms with van der Waals surface area (Å²) in [5.74, 6) is 0.146. The third kappa shape index (κ3) is 3.67. The lowest BCUT2D eigenvalue weighted by molar-refractivity contribution is -0.137. The molecule has 1 aromatic rings. The Morgan fingerprint density at radius 1 is 1.53 bits per heavy atom. The molecule has 1 N–H and O–H groups in total. The van der Waals surface area contributed by atoms with Crippen molar-refractivity contribution in [3.63, 3.8) is 0 Å². The zero-order chi connectivity index (χ0) is 11.3. The predicted octanol–water partition coefficient (Wildman–Crippen LogP) is 0.543. The van der Waals surface area contributed by atoms with E-state index in [-0.39, 0.29) is 5.91 Å². The molecule has 0 aliphatic rings.